The van der Waals surface area contributed by atoms with Gasteiger partial charge in [0, 0.05) is 19.5 Å². The van der Waals surface area contributed by atoms with Crippen molar-refractivity contribution in [2.45, 2.75) is 26.3 Å². The molecule has 0 fully saturated rings. The molecule has 2 aromatic rings. The molecule has 0 aliphatic rings. The van der Waals surface area contributed by atoms with Crippen molar-refractivity contribution in [2.75, 3.05) is 31.7 Å². The largest absolute Gasteiger partial charge is 0.382 e. The minimum absolute atomic E-state index is 0.139. The number of nitrogens with zero attached hydrogens (tertiary/aromatic N) is 4. The third kappa shape index (κ3) is 4.86. The van der Waals surface area contributed by atoms with Crippen LogP contribution in [-0.4, -0.2) is 53.9 Å². The molecular weight excluding hydrogens is 364 g/mol. The second-order valence-electron chi connectivity index (χ2n) is 5.69. The van der Waals surface area contributed by atoms with Crippen LogP contribution in [0, 0.1) is 10.1 Å². The van der Waals surface area contributed by atoms with Gasteiger partial charge in [-0.15, -0.1) is 0 Å². The highest BCUT2D eigenvalue weighted by Gasteiger charge is 2.23. The molecule has 0 aliphatic heterocycles. The standard InChI is InChI=1S/C14H22N6O5S/c1-3-4-11-18-12-13(10(20(21)22)9-16-14(12)15)19(11)6-8-25-7-5-17-26(2,23)24/h9,17H,3-8H2,1-2H3,(H2,15,16). The average Bonchev–Trinajstić information content (AvgIpc) is 2.89. The first-order valence-electron chi connectivity index (χ1n) is 8.05. The number of nitrogens with two attached hydrogens (primary N) is 1. The molecule has 144 valence electrons. The van der Waals surface area contributed by atoms with Crippen LogP contribution in [-0.2, 0) is 27.7 Å². The van der Waals surface area contributed by atoms with Gasteiger partial charge < -0.3 is 15.0 Å². The lowest BCUT2D eigenvalue weighted by Gasteiger charge is -2.10. The molecule has 3 N–H and O–H groups in total. The van der Waals surface area contributed by atoms with Crippen LogP contribution in [0.4, 0.5) is 11.5 Å². The van der Waals surface area contributed by atoms with Crippen molar-refractivity contribution in [3.8, 4) is 0 Å². The molecule has 11 nitrogen and oxygen atoms in total. The monoisotopic (exact) mass is 386 g/mol. The minimum Gasteiger partial charge on any atom is -0.382 e. The zero-order chi connectivity index (χ0) is 19.3. The van der Waals surface area contributed by atoms with E-state index in [1.807, 2.05) is 6.92 Å². The van der Waals surface area contributed by atoms with E-state index in [2.05, 4.69) is 14.7 Å². The number of aryl methyl sites for hydroxylation is 1. The summed E-state index contributed by atoms with van der Waals surface area (Å²) in [5.41, 5.74) is 6.30. The molecule has 2 aromatic heterocycles. The number of aromatic nitrogens is 3. The number of nitrogen functional groups attached to an aromatic ring is 1. The highest BCUT2D eigenvalue weighted by molar-refractivity contribution is 7.88. The van der Waals surface area contributed by atoms with Crippen molar-refractivity contribution >= 4 is 32.6 Å². The van der Waals surface area contributed by atoms with Gasteiger partial charge in [-0.05, 0) is 6.42 Å². The van der Waals surface area contributed by atoms with Gasteiger partial charge in [0.05, 0.1) is 24.4 Å². The molecule has 0 saturated heterocycles. The third-order valence-corrected chi connectivity index (χ3v) is 4.33. The van der Waals surface area contributed by atoms with Crippen LogP contribution in [0.1, 0.15) is 19.2 Å². The molecule has 0 aromatic carbocycles. The quantitative estimate of drug-likeness (QED) is 0.338. The maximum Gasteiger partial charge on any atom is 0.313 e. The Morgan fingerprint density at radius 2 is 2.15 bits per heavy atom. The molecule has 2 heterocycles. The number of pyridine rings is 1. The Labute approximate surface area is 150 Å². The lowest BCUT2D eigenvalue weighted by Crippen LogP contribution is -2.26. The zero-order valence-corrected chi connectivity index (χ0v) is 15.5. The first-order valence-corrected chi connectivity index (χ1v) is 9.94. The van der Waals surface area contributed by atoms with Crippen LogP contribution in [0.2, 0.25) is 0 Å². The van der Waals surface area contributed by atoms with Gasteiger partial charge in [0.15, 0.2) is 11.3 Å². The summed E-state index contributed by atoms with van der Waals surface area (Å²) in [5.74, 6) is 0.808. The van der Waals surface area contributed by atoms with Crippen molar-refractivity contribution in [3.63, 3.8) is 0 Å². The minimum atomic E-state index is -3.26. The van der Waals surface area contributed by atoms with Crippen LogP contribution in [0.15, 0.2) is 6.20 Å². The Balaban J connectivity index is 2.20. The zero-order valence-electron chi connectivity index (χ0n) is 14.6. The number of hydrogen-bond donors (Lipinski definition) is 2. The summed E-state index contributed by atoms with van der Waals surface area (Å²) in [4.78, 5) is 19.1. The van der Waals surface area contributed by atoms with Gasteiger partial charge in [-0.2, -0.15) is 0 Å². The topological polar surface area (TPSA) is 155 Å². The smallest absolute Gasteiger partial charge is 0.313 e. The normalized spacial score (nSPS) is 11.9. The molecular formula is C14H22N6O5S. The van der Waals surface area contributed by atoms with E-state index in [-0.39, 0.29) is 31.3 Å². The number of rotatable bonds is 10. The summed E-state index contributed by atoms with van der Waals surface area (Å²) >= 11 is 0. The van der Waals surface area contributed by atoms with E-state index in [0.29, 0.717) is 29.8 Å². The summed E-state index contributed by atoms with van der Waals surface area (Å²) in [7, 11) is -3.26. The molecule has 0 unspecified atom stereocenters. The van der Waals surface area contributed by atoms with E-state index in [4.69, 9.17) is 10.5 Å². The lowest BCUT2D eigenvalue weighted by molar-refractivity contribution is -0.383. The van der Waals surface area contributed by atoms with Crippen molar-refractivity contribution in [2.24, 2.45) is 0 Å². The number of sulfonamides is 1. The van der Waals surface area contributed by atoms with E-state index >= 15 is 0 Å². The Morgan fingerprint density at radius 1 is 1.42 bits per heavy atom. The Bertz CT molecular complexity index is 895. The highest BCUT2D eigenvalue weighted by atomic mass is 32.2. The van der Waals surface area contributed by atoms with Crippen molar-refractivity contribution in [3.05, 3.63) is 22.1 Å². The molecule has 26 heavy (non-hydrogen) atoms. The van der Waals surface area contributed by atoms with E-state index in [0.717, 1.165) is 18.9 Å². The van der Waals surface area contributed by atoms with Gasteiger partial charge in [0.25, 0.3) is 0 Å². The summed E-state index contributed by atoms with van der Waals surface area (Å²) in [6.07, 6.45) is 3.63. The number of hydrogen-bond acceptors (Lipinski definition) is 8. The second kappa shape index (κ2) is 8.38. The number of anilines is 1. The van der Waals surface area contributed by atoms with E-state index in [1.54, 1.807) is 4.57 Å². The third-order valence-electron chi connectivity index (χ3n) is 3.60. The van der Waals surface area contributed by atoms with Crippen molar-refractivity contribution in [1.82, 2.24) is 19.3 Å². The molecule has 0 amide bonds. The van der Waals surface area contributed by atoms with Crippen LogP contribution in [0.5, 0.6) is 0 Å². The van der Waals surface area contributed by atoms with Crippen LogP contribution < -0.4 is 10.5 Å². The first-order chi connectivity index (χ1) is 12.2. The van der Waals surface area contributed by atoms with Crippen LogP contribution >= 0.6 is 0 Å². The first kappa shape index (κ1) is 20.0. The Morgan fingerprint density at radius 3 is 2.77 bits per heavy atom. The highest BCUT2D eigenvalue weighted by Crippen LogP contribution is 2.29. The van der Waals surface area contributed by atoms with E-state index in [1.165, 1.54) is 0 Å². The predicted molar refractivity (Wildman–Crippen MR) is 96.3 cm³/mol. The fourth-order valence-corrected chi connectivity index (χ4v) is 2.99. The van der Waals surface area contributed by atoms with Gasteiger partial charge in [0.1, 0.15) is 17.5 Å². The van der Waals surface area contributed by atoms with Gasteiger partial charge >= 0.3 is 5.69 Å². The number of ether oxygens (including phenoxy) is 1. The van der Waals surface area contributed by atoms with Gasteiger partial charge in [-0.25, -0.2) is 23.1 Å². The number of nitro groups is 1. The molecule has 12 heteroatoms. The molecule has 0 atom stereocenters. The summed E-state index contributed by atoms with van der Waals surface area (Å²) in [5, 5.41) is 11.3. The van der Waals surface area contributed by atoms with Crippen LogP contribution in [0.3, 0.4) is 0 Å². The van der Waals surface area contributed by atoms with Gasteiger partial charge in [-0.3, -0.25) is 10.1 Å². The number of fused-ring (bicyclic) bond motifs is 1. The van der Waals surface area contributed by atoms with Gasteiger partial charge in [0.2, 0.25) is 10.0 Å². The Hall–Kier alpha value is -2.31. The van der Waals surface area contributed by atoms with E-state index in [9.17, 15) is 18.5 Å². The predicted octanol–water partition coefficient (Wildman–Crippen LogP) is 0.440. The summed E-state index contributed by atoms with van der Waals surface area (Å²) < 4.78 is 31.4. The fourth-order valence-electron chi connectivity index (χ4n) is 2.54. The van der Waals surface area contributed by atoms with Gasteiger partial charge in [-0.1, -0.05) is 6.92 Å². The maximum absolute atomic E-state index is 11.3. The summed E-state index contributed by atoms with van der Waals surface area (Å²) in [6.45, 7) is 2.89. The lowest BCUT2D eigenvalue weighted by atomic mass is 10.3. The molecule has 0 aliphatic carbocycles. The number of nitrogens with one attached hydrogen (secondary N) is 1. The van der Waals surface area contributed by atoms with Crippen molar-refractivity contribution in [1.29, 1.82) is 0 Å². The summed E-state index contributed by atoms with van der Waals surface area (Å²) in [6, 6.07) is 0. The maximum atomic E-state index is 11.3. The Kier molecular flexibility index (Phi) is 6.45. The molecule has 0 bridgehead atoms. The molecule has 0 radical (unpaired) electrons. The molecule has 2 rings (SSSR count). The van der Waals surface area contributed by atoms with Crippen LogP contribution in [0.25, 0.3) is 11.0 Å². The average molecular weight is 386 g/mol. The molecule has 0 saturated carbocycles. The SMILES string of the molecule is CCCc1nc2c(N)ncc([N+](=O)[O-])c2n1CCOCCNS(C)(=O)=O. The second-order valence-corrected chi connectivity index (χ2v) is 7.52. The van der Waals surface area contributed by atoms with Crippen molar-refractivity contribution < 1.29 is 18.1 Å². The molecule has 0 spiro atoms. The van der Waals surface area contributed by atoms with E-state index < -0.39 is 14.9 Å². The number of imidazole rings is 1. The fraction of sp³-hybridized carbons (Fsp3) is 0.571.